The van der Waals surface area contributed by atoms with Crippen molar-refractivity contribution in [3.8, 4) is 0 Å². The number of anilines is 1. The fraction of sp³-hybridized carbons (Fsp3) is 0.778. The van der Waals surface area contributed by atoms with E-state index in [1.165, 1.54) is 5.56 Å². The van der Waals surface area contributed by atoms with Crippen LogP contribution in [0.3, 0.4) is 0 Å². The minimum Gasteiger partial charge on any atom is -0.396 e. The van der Waals surface area contributed by atoms with Crippen LogP contribution >= 0.6 is 0 Å². The maximum atomic E-state index is 9.44. The Bertz CT molecular complexity index is 492. The molecule has 1 aliphatic rings. The lowest BCUT2D eigenvalue weighted by Gasteiger charge is -2.43. The number of rotatable bonds is 7. The highest BCUT2D eigenvalue weighted by molar-refractivity contribution is 5.47. The highest BCUT2D eigenvalue weighted by Gasteiger charge is 2.28. The molecule has 0 unspecified atom stereocenters. The van der Waals surface area contributed by atoms with Crippen LogP contribution in [0.2, 0.25) is 0 Å². The van der Waals surface area contributed by atoms with E-state index < -0.39 is 0 Å². The topological polar surface area (TPSA) is 52.5 Å². The van der Waals surface area contributed by atoms with E-state index >= 15 is 0 Å². The molecular weight excluding hydrogens is 288 g/mol. The van der Waals surface area contributed by atoms with Crippen molar-refractivity contribution in [2.45, 2.75) is 53.0 Å². The maximum absolute atomic E-state index is 9.44. The molecule has 0 radical (unpaired) electrons. The summed E-state index contributed by atoms with van der Waals surface area (Å²) in [5, 5.41) is 9.44. The average Bonchev–Trinajstić information content (AvgIpc) is 2.51. The first-order valence-electron chi connectivity index (χ1n) is 8.97. The van der Waals surface area contributed by atoms with Gasteiger partial charge in [-0.15, -0.1) is 0 Å². The number of piperazine rings is 1. The summed E-state index contributed by atoms with van der Waals surface area (Å²) >= 11 is 0. The van der Waals surface area contributed by atoms with Gasteiger partial charge in [-0.1, -0.05) is 27.2 Å². The quantitative estimate of drug-likeness (QED) is 0.835. The zero-order chi connectivity index (χ0) is 16.8. The van der Waals surface area contributed by atoms with Crippen LogP contribution < -0.4 is 4.90 Å². The van der Waals surface area contributed by atoms with E-state index in [4.69, 9.17) is 4.98 Å². The Morgan fingerprint density at radius 2 is 2.13 bits per heavy atom. The van der Waals surface area contributed by atoms with Gasteiger partial charge in [-0.05, 0) is 25.7 Å². The number of nitrogens with zero attached hydrogens (tertiary/aromatic N) is 4. The lowest BCUT2D eigenvalue weighted by Crippen LogP contribution is -2.54. The number of hydrogen-bond donors (Lipinski definition) is 1. The second-order valence-corrected chi connectivity index (χ2v) is 7.02. The van der Waals surface area contributed by atoms with Crippen molar-refractivity contribution in [2.24, 2.45) is 5.92 Å². The third-order valence-electron chi connectivity index (χ3n) is 4.45. The smallest absolute Gasteiger partial charge is 0.135 e. The van der Waals surface area contributed by atoms with Crippen molar-refractivity contribution in [1.29, 1.82) is 0 Å². The minimum atomic E-state index is 0.248. The van der Waals surface area contributed by atoms with Gasteiger partial charge >= 0.3 is 0 Å². The molecule has 1 N–H and O–H groups in total. The molecule has 2 heterocycles. The highest BCUT2D eigenvalue weighted by atomic mass is 16.3. The molecule has 1 fully saturated rings. The van der Waals surface area contributed by atoms with Gasteiger partial charge in [0.05, 0.1) is 0 Å². The molecule has 1 aromatic rings. The van der Waals surface area contributed by atoms with Gasteiger partial charge in [0.1, 0.15) is 11.6 Å². The van der Waals surface area contributed by atoms with E-state index in [1.807, 2.05) is 13.1 Å². The number of aryl methyl sites for hydroxylation is 2. The predicted molar refractivity (Wildman–Crippen MR) is 94.9 cm³/mol. The molecule has 1 aliphatic heterocycles. The minimum absolute atomic E-state index is 0.248. The molecule has 0 saturated carbocycles. The van der Waals surface area contributed by atoms with E-state index in [9.17, 15) is 5.11 Å². The summed E-state index contributed by atoms with van der Waals surface area (Å²) in [7, 11) is 0. The monoisotopic (exact) mass is 320 g/mol. The van der Waals surface area contributed by atoms with Gasteiger partial charge < -0.3 is 10.0 Å². The summed E-state index contributed by atoms with van der Waals surface area (Å²) in [6, 6.07) is 0.404. The predicted octanol–water partition coefficient (Wildman–Crippen LogP) is 2.27. The van der Waals surface area contributed by atoms with Gasteiger partial charge in [0.15, 0.2) is 0 Å². The van der Waals surface area contributed by atoms with Crippen LogP contribution in [0.25, 0.3) is 0 Å². The Morgan fingerprint density at radius 3 is 2.78 bits per heavy atom. The van der Waals surface area contributed by atoms with Crippen LogP contribution in [-0.2, 0) is 6.42 Å². The fourth-order valence-corrected chi connectivity index (χ4v) is 3.42. The number of aliphatic hydroxyl groups excluding tert-OH is 1. The lowest BCUT2D eigenvalue weighted by molar-refractivity contribution is 0.128. The van der Waals surface area contributed by atoms with Crippen molar-refractivity contribution in [2.75, 3.05) is 37.7 Å². The molecule has 0 amide bonds. The normalized spacial score (nSPS) is 19.6. The van der Waals surface area contributed by atoms with E-state index in [2.05, 4.69) is 35.6 Å². The van der Waals surface area contributed by atoms with E-state index in [1.54, 1.807) is 0 Å². The van der Waals surface area contributed by atoms with Crippen molar-refractivity contribution in [3.05, 3.63) is 17.6 Å². The number of hydrogen-bond acceptors (Lipinski definition) is 5. The zero-order valence-electron chi connectivity index (χ0n) is 15.1. The van der Waals surface area contributed by atoms with Crippen molar-refractivity contribution in [3.63, 3.8) is 0 Å². The van der Waals surface area contributed by atoms with E-state index in [0.717, 1.165) is 57.1 Å². The molecular formula is C18H32N4O. The Kier molecular flexibility index (Phi) is 6.78. The van der Waals surface area contributed by atoms with Gasteiger partial charge in [0.2, 0.25) is 0 Å². The Morgan fingerprint density at radius 1 is 1.35 bits per heavy atom. The summed E-state index contributed by atoms with van der Waals surface area (Å²) in [4.78, 5) is 14.0. The molecule has 1 aromatic heterocycles. The van der Waals surface area contributed by atoms with Crippen LogP contribution in [0.4, 0.5) is 5.82 Å². The second kappa shape index (κ2) is 8.60. The van der Waals surface area contributed by atoms with Gasteiger partial charge in [0.25, 0.3) is 0 Å². The molecule has 1 atom stereocenters. The summed E-state index contributed by atoms with van der Waals surface area (Å²) in [6.45, 7) is 13.0. The Hall–Kier alpha value is -1.20. The molecule has 0 aliphatic carbocycles. The highest BCUT2D eigenvalue weighted by Crippen LogP contribution is 2.24. The third-order valence-corrected chi connectivity index (χ3v) is 4.45. The first-order valence-corrected chi connectivity index (χ1v) is 8.97. The first-order chi connectivity index (χ1) is 11.0. The molecule has 1 saturated heterocycles. The molecule has 0 bridgehead atoms. The van der Waals surface area contributed by atoms with Crippen molar-refractivity contribution < 1.29 is 5.11 Å². The van der Waals surface area contributed by atoms with Crippen molar-refractivity contribution in [1.82, 2.24) is 14.9 Å². The standard InChI is InChI=1S/C18H32N4O/c1-5-6-16-11-19-15(4)20-18(16)22-9-8-21(12-14(2)3)17(13-22)7-10-23/h11,14,17,23H,5-10,12-13H2,1-4H3/t17-/m1/s1. The molecule has 5 heteroatoms. The van der Waals surface area contributed by atoms with Crippen LogP contribution in [0.1, 0.15) is 45.0 Å². The number of aromatic nitrogens is 2. The van der Waals surface area contributed by atoms with E-state index in [0.29, 0.717) is 12.0 Å². The Labute approximate surface area is 140 Å². The third kappa shape index (κ3) is 4.88. The molecule has 5 nitrogen and oxygen atoms in total. The summed E-state index contributed by atoms with van der Waals surface area (Å²) in [6.07, 6.45) is 4.94. The largest absolute Gasteiger partial charge is 0.396 e. The molecule has 0 aromatic carbocycles. The lowest BCUT2D eigenvalue weighted by atomic mass is 10.0. The molecule has 130 valence electrons. The zero-order valence-corrected chi connectivity index (χ0v) is 15.1. The Balaban J connectivity index is 2.17. The average molecular weight is 320 g/mol. The molecule has 0 spiro atoms. The van der Waals surface area contributed by atoms with Crippen molar-refractivity contribution >= 4 is 5.82 Å². The van der Waals surface area contributed by atoms with E-state index in [-0.39, 0.29) is 6.61 Å². The van der Waals surface area contributed by atoms with Crippen LogP contribution in [0, 0.1) is 12.8 Å². The summed E-state index contributed by atoms with van der Waals surface area (Å²) in [5.74, 6) is 2.59. The van der Waals surface area contributed by atoms with Gasteiger partial charge in [-0.2, -0.15) is 0 Å². The fourth-order valence-electron chi connectivity index (χ4n) is 3.42. The van der Waals surface area contributed by atoms with Crippen LogP contribution in [0.15, 0.2) is 6.20 Å². The maximum Gasteiger partial charge on any atom is 0.135 e. The van der Waals surface area contributed by atoms with Crippen LogP contribution in [-0.4, -0.2) is 58.8 Å². The molecule has 23 heavy (non-hydrogen) atoms. The van der Waals surface area contributed by atoms with Gasteiger partial charge in [-0.3, -0.25) is 4.90 Å². The molecule has 2 rings (SSSR count). The summed E-state index contributed by atoms with van der Waals surface area (Å²) in [5.41, 5.74) is 1.25. The van der Waals surface area contributed by atoms with Gasteiger partial charge in [0, 0.05) is 50.6 Å². The van der Waals surface area contributed by atoms with Gasteiger partial charge in [-0.25, -0.2) is 9.97 Å². The second-order valence-electron chi connectivity index (χ2n) is 7.02. The first kappa shape index (κ1) is 18.1. The van der Waals surface area contributed by atoms with Crippen LogP contribution in [0.5, 0.6) is 0 Å². The summed E-state index contributed by atoms with van der Waals surface area (Å²) < 4.78 is 0. The SMILES string of the molecule is CCCc1cnc(C)nc1N1CCN(CC(C)C)[C@H](CCO)C1. The number of aliphatic hydroxyl groups is 1.